The predicted molar refractivity (Wildman–Crippen MR) is 104 cm³/mol. The summed E-state index contributed by atoms with van der Waals surface area (Å²) in [4.78, 5) is 10.3. The van der Waals surface area contributed by atoms with E-state index in [2.05, 4.69) is 11.2 Å². The van der Waals surface area contributed by atoms with Crippen molar-refractivity contribution in [1.29, 1.82) is 5.26 Å². The lowest BCUT2D eigenvalue weighted by Gasteiger charge is -2.03. The van der Waals surface area contributed by atoms with E-state index in [1.807, 2.05) is 37.3 Å². The molecular weight excluding hydrogens is 364 g/mol. The predicted octanol–water partition coefficient (Wildman–Crippen LogP) is 4.87. The number of hydrogen-bond acceptors (Lipinski definition) is 4. The highest BCUT2D eigenvalue weighted by Crippen LogP contribution is 2.27. The third-order valence-electron chi connectivity index (χ3n) is 4.08. The average molecular weight is 379 g/mol. The fourth-order valence-electron chi connectivity index (χ4n) is 2.68. The van der Waals surface area contributed by atoms with Gasteiger partial charge < -0.3 is 0 Å². The molecule has 0 aliphatic carbocycles. The van der Waals surface area contributed by atoms with Crippen molar-refractivity contribution in [2.24, 2.45) is 0 Å². The van der Waals surface area contributed by atoms with E-state index in [1.54, 1.807) is 22.9 Å². The third-order valence-corrected chi connectivity index (χ3v) is 4.48. The molecule has 1 aromatic heterocycles. The van der Waals surface area contributed by atoms with Gasteiger partial charge in [0.25, 0.3) is 5.69 Å². The van der Waals surface area contributed by atoms with Crippen LogP contribution in [0.4, 0.5) is 5.69 Å². The van der Waals surface area contributed by atoms with E-state index in [0.717, 1.165) is 5.56 Å². The lowest BCUT2D eigenvalue weighted by atomic mass is 10.0. The summed E-state index contributed by atoms with van der Waals surface area (Å²) in [6, 6.07) is 17.8. The molecule has 0 N–H and O–H groups in total. The molecule has 6 nitrogen and oxygen atoms in total. The van der Waals surface area contributed by atoms with Gasteiger partial charge in [-0.15, -0.1) is 0 Å². The quantitative estimate of drug-likeness (QED) is 0.360. The van der Waals surface area contributed by atoms with Gasteiger partial charge in [0.15, 0.2) is 0 Å². The maximum atomic E-state index is 10.8. The van der Waals surface area contributed by atoms with Crippen LogP contribution in [0, 0.1) is 28.4 Å². The van der Waals surface area contributed by atoms with Crippen molar-refractivity contribution >= 4 is 28.9 Å². The summed E-state index contributed by atoms with van der Waals surface area (Å²) in [6.07, 6.45) is 1.66. The van der Waals surface area contributed by atoms with Crippen molar-refractivity contribution in [3.63, 3.8) is 0 Å². The Hall–Kier alpha value is -3.43. The number of nitriles is 1. The third kappa shape index (κ3) is 4.05. The van der Waals surface area contributed by atoms with E-state index in [9.17, 15) is 15.4 Å². The molecule has 7 heteroatoms. The smallest absolute Gasteiger partial charge is 0.258 e. The van der Waals surface area contributed by atoms with Crippen molar-refractivity contribution in [2.45, 2.75) is 13.5 Å². The van der Waals surface area contributed by atoms with Gasteiger partial charge in [-0.3, -0.25) is 10.1 Å². The van der Waals surface area contributed by atoms with Crippen LogP contribution >= 0.6 is 11.6 Å². The first-order valence-electron chi connectivity index (χ1n) is 8.13. The van der Waals surface area contributed by atoms with Gasteiger partial charge in [-0.1, -0.05) is 41.9 Å². The van der Waals surface area contributed by atoms with Gasteiger partial charge in [-0.05, 0) is 36.3 Å². The van der Waals surface area contributed by atoms with Crippen LogP contribution < -0.4 is 0 Å². The molecule has 0 spiro atoms. The highest BCUT2D eigenvalue weighted by Gasteiger charge is 2.14. The van der Waals surface area contributed by atoms with Gasteiger partial charge in [-0.25, -0.2) is 4.68 Å². The van der Waals surface area contributed by atoms with Gasteiger partial charge in [-0.2, -0.15) is 10.4 Å². The number of nitrogens with zero attached hydrogens (tertiary/aromatic N) is 4. The van der Waals surface area contributed by atoms with Crippen LogP contribution in [0.1, 0.15) is 22.4 Å². The Morgan fingerprint density at radius 2 is 1.93 bits per heavy atom. The minimum atomic E-state index is -0.478. The Balaban J connectivity index is 1.95. The molecule has 0 bridgehead atoms. The second-order valence-corrected chi connectivity index (χ2v) is 6.26. The first kappa shape index (κ1) is 18.4. The summed E-state index contributed by atoms with van der Waals surface area (Å²) < 4.78 is 1.68. The Labute approximate surface area is 161 Å². The molecule has 0 saturated carbocycles. The molecule has 0 fully saturated rings. The van der Waals surface area contributed by atoms with E-state index in [4.69, 9.17) is 11.6 Å². The summed E-state index contributed by atoms with van der Waals surface area (Å²) >= 11 is 6.49. The topological polar surface area (TPSA) is 84.8 Å². The highest BCUT2D eigenvalue weighted by atomic mass is 35.5. The first-order valence-corrected chi connectivity index (χ1v) is 8.51. The molecule has 0 amide bonds. The summed E-state index contributed by atoms with van der Waals surface area (Å²) in [5.41, 5.74) is 3.32. The maximum absolute atomic E-state index is 10.8. The summed E-state index contributed by atoms with van der Waals surface area (Å²) in [5, 5.41) is 25.2. The van der Waals surface area contributed by atoms with Crippen LogP contribution in [0.25, 0.3) is 11.6 Å². The monoisotopic (exact) mass is 378 g/mol. The minimum absolute atomic E-state index is 0.0269. The number of non-ortho nitro benzene ring substituents is 1. The number of hydrogen-bond donors (Lipinski definition) is 0. The number of rotatable bonds is 5. The Kier molecular flexibility index (Phi) is 5.34. The molecule has 0 saturated heterocycles. The number of aromatic nitrogens is 2. The van der Waals surface area contributed by atoms with E-state index >= 15 is 0 Å². The Morgan fingerprint density at radius 3 is 2.52 bits per heavy atom. The average Bonchev–Trinajstić information content (AvgIpc) is 2.94. The van der Waals surface area contributed by atoms with Gasteiger partial charge in [0.1, 0.15) is 5.15 Å². The Morgan fingerprint density at radius 1 is 1.26 bits per heavy atom. The molecule has 1 heterocycles. The van der Waals surface area contributed by atoms with E-state index < -0.39 is 4.92 Å². The standard InChI is InChI=1S/C20H15ClN4O2/c1-14-19(20(21)24(23-14)13-15-5-3-2-4-6-15)11-17(12-22)16-7-9-18(10-8-16)25(26)27/h2-11H,13H2,1H3/b17-11-. The first-order chi connectivity index (χ1) is 13.0. The zero-order valence-electron chi connectivity index (χ0n) is 14.5. The largest absolute Gasteiger partial charge is 0.269 e. The second kappa shape index (κ2) is 7.85. The van der Waals surface area contributed by atoms with Gasteiger partial charge in [0.05, 0.1) is 28.8 Å². The fraction of sp³-hybridized carbons (Fsp3) is 0.100. The molecule has 27 heavy (non-hydrogen) atoms. The van der Waals surface area contributed by atoms with Crippen LogP contribution in [0.2, 0.25) is 5.15 Å². The van der Waals surface area contributed by atoms with E-state index in [0.29, 0.717) is 34.1 Å². The van der Waals surface area contributed by atoms with Crippen molar-refractivity contribution < 1.29 is 4.92 Å². The SMILES string of the molecule is Cc1nn(Cc2ccccc2)c(Cl)c1/C=C(/C#N)c1ccc([N+](=O)[O-])cc1. The van der Waals surface area contributed by atoms with Gasteiger partial charge in [0, 0.05) is 17.7 Å². The number of aryl methyl sites for hydroxylation is 1. The van der Waals surface area contributed by atoms with Crippen LogP contribution in [0.3, 0.4) is 0 Å². The van der Waals surface area contributed by atoms with E-state index in [-0.39, 0.29) is 5.69 Å². The number of nitro benzene ring substituents is 1. The molecule has 0 aliphatic rings. The number of halogens is 1. The summed E-state index contributed by atoms with van der Waals surface area (Å²) in [5.74, 6) is 0. The number of allylic oxidation sites excluding steroid dienone is 1. The van der Waals surface area contributed by atoms with Gasteiger partial charge >= 0.3 is 0 Å². The van der Waals surface area contributed by atoms with Crippen LogP contribution in [-0.4, -0.2) is 14.7 Å². The lowest BCUT2D eigenvalue weighted by molar-refractivity contribution is -0.384. The normalized spacial score (nSPS) is 11.2. The molecule has 2 aromatic carbocycles. The highest BCUT2D eigenvalue weighted by molar-refractivity contribution is 6.31. The molecule has 134 valence electrons. The van der Waals surface area contributed by atoms with Crippen LogP contribution in [0.15, 0.2) is 54.6 Å². The molecule has 3 rings (SSSR count). The Bertz CT molecular complexity index is 1050. The molecule has 0 radical (unpaired) electrons. The fourth-order valence-corrected chi connectivity index (χ4v) is 2.97. The number of benzene rings is 2. The van der Waals surface area contributed by atoms with Crippen molar-refractivity contribution in [2.75, 3.05) is 0 Å². The molecular formula is C20H15ClN4O2. The zero-order chi connectivity index (χ0) is 19.4. The second-order valence-electron chi connectivity index (χ2n) is 5.91. The van der Waals surface area contributed by atoms with Crippen LogP contribution in [0.5, 0.6) is 0 Å². The van der Waals surface area contributed by atoms with Crippen LogP contribution in [-0.2, 0) is 6.54 Å². The maximum Gasteiger partial charge on any atom is 0.269 e. The summed E-state index contributed by atoms with van der Waals surface area (Å²) in [6.45, 7) is 2.35. The summed E-state index contributed by atoms with van der Waals surface area (Å²) in [7, 11) is 0. The minimum Gasteiger partial charge on any atom is -0.258 e. The molecule has 3 aromatic rings. The number of nitro groups is 1. The van der Waals surface area contributed by atoms with Crippen molar-refractivity contribution in [1.82, 2.24) is 9.78 Å². The van der Waals surface area contributed by atoms with Gasteiger partial charge in [0.2, 0.25) is 0 Å². The van der Waals surface area contributed by atoms with E-state index in [1.165, 1.54) is 12.1 Å². The zero-order valence-corrected chi connectivity index (χ0v) is 15.2. The lowest BCUT2D eigenvalue weighted by Crippen LogP contribution is -2.01. The molecule has 0 unspecified atom stereocenters. The molecule has 0 aliphatic heterocycles. The molecule has 0 atom stereocenters. The van der Waals surface area contributed by atoms with Crippen molar-refractivity contribution in [3.8, 4) is 6.07 Å². The van der Waals surface area contributed by atoms with Crippen molar-refractivity contribution in [3.05, 3.63) is 92.2 Å².